The van der Waals surface area contributed by atoms with Crippen molar-refractivity contribution in [2.24, 2.45) is 11.8 Å². The summed E-state index contributed by atoms with van der Waals surface area (Å²) in [5, 5.41) is 1.28. The van der Waals surface area contributed by atoms with Gasteiger partial charge < -0.3 is 4.90 Å². The van der Waals surface area contributed by atoms with Gasteiger partial charge in [0.1, 0.15) is 0 Å². The van der Waals surface area contributed by atoms with E-state index in [0.717, 1.165) is 24.9 Å². The van der Waals surface area contributed by atoms with E-state index < -0.39 is 0 Å². The topological polar surface area (TPSA) is 3.24 Å². The van der Waals surface area contributed by atoms with Crippen LogP contribution in [0.2, 0.25) is 10.0 Å². The van der Waals surface area contributed by atoms with Gasteiger partial charge >= 0.3 is 0 Å². The van der Waals surface area contributed by atoms with Crippen molar-refractivity contribution in [2.45, 2.75) is 20.3 Å². The highest BCUT2D eigenvalue weighted by Gasteiger charge is 2.25. The summed E-state index contributed by atoms with van der Waals surface area (Å²) in [4.78, 5) is 2.40. The van der Waals surface area contributed by atoms with Crippen molar-refractivity contribution in [2.75, 3.05) is 18.0 Å². The average molecular weight is 258 g/mol. The first-order chi connectivity index (χ1) is 7.58. The highest BCUT2D eigenvalue weighted by atomic mass is 35.5. The van der Waals surface area contributed by atoms with Gasteiger partial charge in [-0.2, -0.15) is 0 Å². The van der Waals surface area contributed by atoms with E-state index >= 15 is 0 Å². The van der Waals surface area contributed by atoms with E-state index in [1.165, 1.54) is 12.1 Å². The molecule has 0 radical (unpaired) electrons. The molecule has 1 saturated heterocycles. The van der Waals surface area contributed by atoms with Crippen molar-refractivity contribution in [1.82, 2.24) is 0 Å². The van der Waals surface area contributed by atoms with Gasteiger partial charge in [0.05, 0.1) is 10.0 Å². The summed E-state index contributed by atoms with van der Waals surface area (Å²) in [6.07, 6.45) is 1.28. The fraction of sp³-hybridized carbons (Fsp3) is 0.538. The maximum atomic E-state index is 6.03. The van der Waals surface area contributed by atoms with Gasteiger partial charge in [-0.25, -0.2) is 0 Å². The maximum Gasteiger partial charge on any atom is 0.0612 e. The zero-order chi connectivity index (χ0) is 11.7. The average Bonchev–Trinajstić information content (AvgIpc) is 2.71. The summed E-state index contributed by atoms with van der Waals surface area (Å²) in [7, 11) is 0. The molecule has 1 aromatic carbocycles. The molecule has 1 aliphatic rings. The van der Waals surface area contributed by atoms with Crippen LogP contribution in [0.5, 0.6) is 0 Å². The molecule has 2 rings (SSSR count). The van der Waals surface area contributed by atoms with Gasteiger partial charge in [-0.1, -0.05) is 37.0 Å². The van der Waals surface area contributed by atoms with Crippen molar-refractivity contribution >= 4 is 28.9 Å². The molecule has 0 spiro atoms. The molecule has 1 unspecified atom stereocenters. The SMILES string of the molecule is CC(C)C1CCN(c2ccc(Cl)c(Cl)c2)C1. The van der Waals surface area contributed by atoms with E-state index in [-0.39, 0.29) is 0 Å². The van der Waals surface area contributed by atoms with Crippen molar-refractivity contribution in [3.8, 4) is 0 Å². The minimum Gasteiger partial charge on any atom is -0.371 e. The predicted molar refractivity (Wildman–Crippen MR) is 71.6 cm³/mol. The van der Waals surface area contributed by atoms with Crippen LogP contribution in [0.15, 0.2) is 18.2 Å². The minimum atomic E-state index is 0.630. The molecule has 0 aliphatic carbocycles. The second-order valence-electron chi connectivity index (χ2n) is 4.84. The van der Waals surface area contributed by atoms with Gasteiger partial charge in [-0.05, 0) is 36.5 Å². The van der Waals surface area contributed by atoms with E-state index in [2.05, 4.69) is 24.8 Å². The largest absolute Gasteiger partial charge is 0.371 e. The molecule has 1 aliphatic heterocycles. The van der Waals surface area contributed by atoms with Crippen LogP contribution in [0.25, 0.3) is 0 Å². The molecular formula is C13H17Cl2N. The Morgan fingerprint density at radius 3 is 2.56 bits per heavy atom. The van der Waals surface area contributed by atoms with E-state index in [4.69, 9.17) is 23.2 Å². The van der Waals surface area contributed by atoms with Crippen LogP contribution < -0.4 is 4.90 Å². The zero-order valence-electron chi connectivity index (χ0n) is 9.71. The summed E-state index contributed by atoms with van der Waals surface area (Å²) in [5.41, 5.74) is 1.19. The van der Waals surface area contributed by atoms with Crippen molar-refractivity contribution in [3.05, 3.63) is 28.2 Å². The normalized spacial score (nSPS) is 20.8. The third-order valence-corrected chi connectivity index (χ3v) is 4.17. The van der Waals surface area contributed by atoms with E-state index in [1.54, 1.807) is 0 Å². The monoisotopic (exact) mass is 257 g/mol. The van der Waals surface area contributed by atoms with Gasteiger partial charge in [0.2, 0.25) is 0 Å². The lowest BCUT2D eigenvalue weighted by molar-refractivity contribution is 0.423. The van der Waals surface area contributed by atoms with Gasteiger partial charge in [-0.3, -0.25) is 0 Å². The molecule has 1 fully saturated rings. The lowest BCUT2D eigenvalue weighted by atomic mass is 9.95. The highest BCUT2D eigenvalue weighted by Crippen LogP contribution is 2.32. The zero-order valence-corrected chi connectivity index (χ0v) is 11.2. The first-order valence-electron chi connectivity index (χ1n) is 5.78. The van der Waals surface area contributed by atoms with Crippen LogP contribution >= 0.6 is 23.2 Å². The third-order valence-electron chi connectivity index (χ3n) is 3.44. The van der Waals surface area contributed by atoms with Crippen LogP contribution in [0.1, 0.15) is 20.3 Å². The van der Waals surface area contributed by atoms with Gasteiger partial charge in [0, 0.05) is 18.8 Å². The van der Waals surface area contributed by atoms with Crippen molar-refractivity contribution < 1.29 is 0 Å². The fourth-order valence-electron chi connectivity index (χ4n) is 2.25. The second-order valence-corrected chi connectivity index (χ2v) is 5.65. The van der Waals surface area contributed by atoms with Gasteiger partial charge in [-0.15, -0.1) is 0 Å². The first-order valence-corrected chi connectivity index (χ1v) is 6.53. The van der Waals surface area contributed by atoms with Crippen LogP contribution in [0, 0.1) is 11.8 Å². The van der Waals surface area contributed by atoms with Crippen molar-refractivity contribution in [1.29, 1.82) is 0 Å². The molecule has 1 nitrogen and oxygen atoms in total. The molecule has 88 valence electrons. The molecule has 3 heteroatoms. The molecule has 1 atom stereocenters. The predicted octanol–water partition coefficient (Wildman–Crippen LogP) is 4.48. The summed E-state index contributed by atoms with van der Waals surface area (Å²) in [6, 6.07) is 5.89. The van der Waals surface area contributed by atoms with Crippen LogP contribution in [0.4, 0.5) is 5.69 Å². The number of halogens is 2. The van der Waals surface area contributed by atoms with Crippen LogP contribution in [-0.4, -0.2) is 13.1 Å². The standard InChI is InChI=1S/C13H17Cl2N/c1-9(2)10-5-6-16(8-10)11-3-4-12(14)13(15)7-11/h3-4,7,9-10H,5-6,8H2,1-2H3. The van der Waals surface area contributed by atoms with Gasteiger partial charge in [0.25, 0.3) is 0 Å². The summed E-state index contributed by atoms with van der Waals surface area (Å²) in [6.45, 7) is 6.85. The molecule has 0 bridgehead atoms. The highest BCUT2D eigenvalue weighted by molar-refractivity contribution is 6.42. The quantitative estimate of drug-likeness (QED) is 0.756. The molecule has 0 aromatic heterocycles. The lowest BCUT2D eigenvalue weighted by Crippen LogP contribution is -2.21. The first kappa shape index (κ1) is 12.1. The summed E-state index contributed by atoms with van der Waals surface area (Å²) >= 11 is 11.9. The molecular weight excluding hydrogens is 241 g/mol. The van der Waals surface area contributed by atoms with Crippen LogP contribution in [0.3, 0.4) is 0 Å². The number of nitrogens with zero attached hydrogens (tertiary/aromatic N) is 1. The Morgan fingerprint density at radius 2 is 2.00 bits per heavy atom. The molecule has 0 amide bonds. The Bertz CT molecular complexity index is 376. The molecule has 0 N–H and O–H groups in total. The number of hydrogen-bond donors (Lipinski definition) is 0. The molecule has 16 heavy (non-hydrogen) atoms. The Morgan fingerprint density at radius 1 is 1.25 bits per heavy atom. The Labute approximate surface area is 107 Å². The maximum absolute atomic E-state index is 6.03. The fourth-order valence-corrected chi connectivity index (χ4v) is 2.54. The molecule has 1 heterocycles. The van der Waals surface area contributed by atoms with E-state index in [9.17, 15) is 0 Å². The van der Waals surface area contributed by atoms with Gasteiger partial charge in [0.15, 0.2) is 0 Å². The molecule has 0 saturated carbocycles. The van der Waals surface area contributed by atoms with E-state index in [1.807, 2.05) is 12.1 Å². The van der Waals surface area contributed by atoms with E-state index in [0.29, 0.717) is 10.0 Å². The Balaban J connectivity index is 2.11. The molecule has 1 aromatic rings. The number of hydrogen-bond acceptors (Lipinski definition) is 1. The Hall–Kier alpha value is -0.400. The number of anilines is 1. The number of benzene rings is 1. The number of rotatable bonds is 2. The summed E-state index contributed by atoms with van der Waals surface area (Å²) < 4.78 is 0. The smallest absolute Gasteiger partial charge is 0.0612 e. The van der Waals surface area contributed by atoms with Crippen molar-refractivity contribution in [3.63, 3.8) is 0 Å². The third kappa shape index (κ3) is 2.46. The Kier molecular flexibility index (Phi) is 3.66. The lowest BCUT2D eigenvalue weighted by Gasteiger charge is -2.20. The second kappa shape index (κ2) is 4.85. The summed E-state index contributed by atoms with van der Waals surface area (Å²) in [5.74, 6) is 1.56. The minimum absolute atomic E-state index is 0.630. The van der Waals surface area contributed by atoms with Crippen LogP contribution in [-0.2, 0) is 0 Å².